The maximum atomic E-state index is 12.1. The van der Waals surface area contributed by atoms with E-state index < -0.39 is 0 Å². The summed E-state index contributed by atoms with van der Waals surface area (Å²) < 4.78 is 16.2. The van der Waals surface area contributed by atoms with Gasteiger partial charge >= 0.3 is 0 Å². The maximum absolute atomic E-state index is 12.1. The molecule has 0 saturated carbocycles. The zero-order valence-electron chi connectivity index (χ0n) is 16.4. The van der Waals surface area contributed by atoms with Crippen LogP contribution in [0.5, 0.6) is 17.2 Å². The SMILES string of the molecule is CCCOc1ccc(OCC(=O)NC(C)CCc2ccc(OC)cc2)cc1. The van der Waals surface area contributed by atoms with Crippen molar-refractivity contribution in [3.05, 3.63) is 54.1 Å². The van der Waals surface area contributed by atoms with Crippen molar-refractivity contribution in [3.63, 3.8) is 0 Å². The molecule has 146 valence electrons. The molecule has 2 rings (SSSR count). The van der Waals surface area contributed by atoms with Crippen LogP contribution in [-0.4, -0.2) is 32.3 Å². The molecule has 2 aromatic rings. The molecule has 1 unspecified atom stereocenters. The topological polar surface area (TPSA) is 56.8 Å². The Morgan fingerprint density at radius 3 is 2.15 bits per heavy atom. The number of rotatable bonds is 11. The molecule has 0 saturated heterocycles. The maximum Gasteiger partial charge on any atom is 0.258 e. The first kappa shape index (κ1) is 20.6. The van der Waals surface area contributed by atoms with Crippen molar-refractivity contribution in [3.8, 4) is 17.2 Å². The molecule has 5 heteroatoms. The second-order valence-electron chi connectivity index (χ2n) is 6.46. The molecule has 1 N–H and O–H groups in total. The summed E-state index contributed by atoms with van der Waals surface area (Å²) in [6.07, 6.45) is 2.72. The lowest BCUT2D eigenvalue weighted by Gasteiger charge is -2.14. The van der Waals surface area contributed by atoms with Gasteiger partial charge in [0.05, 0.1) is 13.7 Å². The molecule has 0 aromatic heterocycles. The molecule has 0 aliphatic heterocycles. The molecule has 0 aliphatic rings. The van der Waals surface area contributed by atoms with E-state index in [0.29, 0.717) is 12.4 Å². The molecule has 5 nitrogen and oxygen atoms in total. The summed E-state index contributed by atoms with van der Waals surface area (Å²) in [4.78, 5) is 12.1. The van der Waals surface area contributed by atoms with Crippen molar-refractivity contribution in [2.45, 2.75) is 39.2 Å². The van der Waals surface area contributed by atoms with Crippen LogP contribution in [0.15, 0.2) is 48.5 Å². The van der Waals surface area contributed by atoms with E-state index in [1.807, 2.05) is 55.5 Å². The summed E-state index contributed by atoms with van der Waals surface area (Å²) in [5, 5.41) is 2.97. The van der Waals surface area contributed by atoms with E-state index in [1.165, 1.54) is 5.56 Å². The van der Waals surface area contributed by atoms with E-state index in [0.717, 1.165) is 30.8 Å². The van der Waals surface area contributed by atoms with E-state index in [-0.39, 0.29) is 18.6 Å². The van der Waals surface area contributed by atoms with E-state index in [1.54, 1.807) is 7.11 Å². The summed E-state index contributed by atoms with van der Waals surface area (Å²) in [6, 6.07) is 15.4. The molecule has 0 aliphatic carbocycles. The Morgan fingerprint density at radius 1 is 0.963 bits per heavy atom. The highest BCUT2D eigenvalue weighted by atomic mass is 16.5. The molecular weight excluding hydrogens is 342 g/mol. The molecule has 0 spiro atoms. The monoisotopic (exact) mass is 371 g/mol. The summed E-state index contributed by atoms with van der Waals surface area (Å²) >= 11 is 0. The lowest BCUT2D eigenvalue weighted by atomic mass is 10.1. The fraction of sp³-hybridized carbons (Fsp3) is 0.409. The summed E-state index contributed by atoms with van der Waals surface area (Å²) in [5.74, 6) is 2.19. The lowest BCUT2D eigenvalue weighted by Crippen LogP contribution is -2.36. The average Bonchev–Trinajstić information content (AvgIpc) is 2.70. The second kappa shape index (κ2) is 11.1. The predicted octanol–water partition coefficient (Wildman–Crippen LogP) is 4.00. The number of carbonyl (C=O) groups is 1. The van der Waals surface area contributed by atoms with Crippen LogP contribution in [-0.2, 0) is 11.2 Å². The number of hydrogen-bond donors (Lipinski definition) is 1. The van der Waals surface area contributed by atoms with Gasteiger partial charge in [-0.2, -0.15) is 0 Å². The highest BCUT2D eigenvalue weighted by molar-refractivity contribution is 5.77. The largest absolute Gasteiger partial charge is 0.497 e. The Bertz CT molecular complexity index is 682. The number of carbonyl (C=O) groups excluding carboxylic acids is 1. The van der Waals surface area contributed by atoms with Crippen LogP contribution in [0.2, 0.25) is 0 Å². The van der Waals surface area contributed by atoms with Crippen molar-refractivity contribution in [2.24, 2.45) is 0 Å². The van der Waals surface area contributed by atoms with Crippen LogP contribution in [0, 0.1) is 0 Å². The van der Waals surface area contributed by atoms with Crippen molar-refractivity contribution >= 4 is 5.91 Å². The van der Waals surface area contributed by atoms with Crippen LogP contribution in [0.4, 0.5) is 0 Å². The van der Waals surface area contributed by atoms with Gasteiger partial charge in [-0.25, -0.2) is 0 Å². The van der Waals surface area contributed by atoms with Gasteiger partial charge in [-0.15, -0.1) is 0 Å². The van der Waals surface area contributed by atoms with Gasteiger partial charge in [0.1, 0.15) is 17.2 Å². The number of methoxy groups -OCH3 is 1. The fourth-order valence-electron chi connectivity index (χ4n) is 2.56. The molecule has 2 aromatic carbocycles. The highest BCUT2D eigenvalue weighted by Gasteiger charge is 2.09. The Kier molecular flexibility index (Phi) is 8.49. The minimum absolute atomic E-state index is 0.00202. The second-order valence-corrected chi connectivity index (χ2v) is 6.46. The van der Waals surface area contributed by atoms with E-state index >= 15 is 0 Å². The number of nitrogens with one attached hydrogen (secondary N) is 1. The molecule has 0 radical (unpaired) electrons. The number of ether oxygens (including phenoxy) is 3. The van der Waals surface area contributed by atoms with E-state index in [9.17, 15) is 4.79 Å². The van der Waals surface area contributed by atoms with Gasteiger partial charge in [-0.1, -0.05) is 19.1 Å². The normalized spacial score (nSPS) is 11.5. The van der Waals surface area contributed by atoms with Crippen molar-refractivity contribution < 1.29 is 19.0 Å². The molecule has 0 bridgehead atoms. The minimum atomic E-state index is -0.122. The van der Waals surface area contributed by atoms with Crippen molar-refractivity contribution in [1.29, 1.82) is 0 Å². The zero-order chi connectivity index (χ0) is 19.5. The Hall–Kier alpha value is -2.69. The molecular formula is C22H29NO4. The first-order chi connectivity index (χ1) is 13.1. The van der Waals surface area contributed by atoms with Gasteiger partial charge < -0.3 is 19.5 Å². The highest BCUT2D eigenvalue weighted by Crippen LogP contribution is 2.17. The third-order valence-electron chi connectivity index (χ3n) is 4.10. The van der Waals surface area contributed by atoms with E-state index in [4.69, 9.17) is 14.2 Å². The van der Waals surface area contributed by atoms with Gasteiger partial charge in [0.15, 0.2) is 6.61 Å². The van der Waals surface area contributed by atoms with Gasteiger partial charge in [0, 0.05) is 6.04 Å². The Labute approximate surface area is 161 Å². The van der Waals surface area contributed by atoms with E-state index in [2.05, 4.69) is 12.2 Å². The van der Waals surface area contributed by atoms with Gasteiger partial charge in [0.25, 0.3) is 5.91 Å². The predicted molar refractivity (Wildman–Crippen MR) is 107 cm³/mol. The number of aryl methyl sites for hydroxylation is 1. The summed E-state index contributed by atoms with van der Waals surface area (Å²) in [6.45, 7) is 4.76. The van der Waals surface area contributed by atoms with Crippen LogP contribution in [0.25, 0.3) is 0 Å². The number of amides is 1. The molecule has 27 heavy (non-hydrogen) atoms. The molecule has 1 atom stereocenters. The smallest absolute Gasteiger partial charge is 0.258 e. The van der Waals surface area contributed by atoms with Crippen molar-refractivity contribution in [2.75, 3.05) is 20.3 Å². The van der Waals surface area contributed by atoms with Gasteiger partial charge in [-0.05, 0) is 68.1 Å². The average molecular weight is 371 g/mol. The quantitative estimate of drug-likeness (QED) is 0.649. The standard InChI is InChI=1S/C22H29NO4/c1-4-15-26-20-11-13-21(14-12-20)27-16-22(24)23-17(2)5-6-18-7-9-19(25-3)10-8-18/h7-14,17H,4-6,15-16H2,1-3H3,(H,23,24). The lowest BCUT2D eigenvalue weighted by molar-refractivity contribution is -0.123. The Balaban J connectivity index is 1.68. The van der Waals surface area contributed by atoms with Gasteiger partial charge in [0.2, 0.25) is 0 Å². The first-order valence-corrected chi connectivity index (χ1v) is 9.38. The molecule has 0 heterocycles. The third kappa shape index (κ3) is 7.60. The minimum Gasteiger partial charge on any atom is -0.497 e. The van der Waals surface area contributed by atoms with Crippen LogP contribution >= 0.6 is 0 Å². The first-order valence-electron chi connectivity index (χ1n) is 9.38. The number of benzene rings is 2. The van der Waals surface area contributed by atoms with Crippen LogP contribution < -0.4 is 19.5 Å². The zero-order valence-corrected chi connectivity index (χ0v) is 16.4. The van der Waals surface area contributed by atoms with Crippen LogP contribution in [0.1, 0.15) is 32.3 Å². The summed E-state index contributed by atoms with van der Waals surface area (Å²) in [7, 11) is 1.66. The number of hydrogen-bond acceptors (Lipinski definition) is 4. The van der Waals surface area contributed by atoms with Gasteiger partial charge in [-0.3, -0.25) is 4.79 Å². The molecule has 0 fully saturated rings. The summed E-state index contributed by atoms with van der Waals surface area (Å²) in [5.41, 5.74) is 1.22. The fourth-order valence-corrected chi connectivity index (χ4v) is 2.56. The van der Waals surface area contributed by atoms with Crippen LogP contribution in [0.3, 0.4) is 0 Å². The molecule has 1 amide bonds. The van der Waals surface area contributed by atoms with Crippen molar-refractivity contribution in [1.82, 2.24) is 5.32 Å². The third-order valence-corrected chi connectivity index (χ3v) is 4.10. The Morgan fingerprint density at radius 2 is 1.56 bits per heavy atom.